The lowest BCUT2D eigenvalue weighted by molar-refractivity contribution is 0.0952. The predicted octanol–water partition coefficient (Wildman–Crippen LogP) is 2.96. The number of carbonyl (C=O) groups is 2. The number of benzene rings is 1. The van der Waals surface area contributed by atoms with Crippen molar-refractivity contribution in [1.82, 2.24) is 10.3 Å². The molecule has 2 rings (SSSR count). The van der Waals surface area contributed by atoms with Gasteiger partial charge in [-0.1, -0.05) is 17.7 Å². The van der Waals surface area contributed by atoms with Gasteiger partial charge >= 0.3 is 0 Å². The standard InChI is InChI=1S/C14H12ClN3O2S/c1-2-7-16-13(20)11-8-21-14(17-11)18-12(19)9-3-5-10(15)6-4-9/h2-6,8H,1,7H2,(H,16,20)(H,17,18,19). The van der Waals surface area contributed by atoms with E-state index in [2.05, 4.69) is 22.2 Å². The summed E-state index contributed by atoms with van der Waals surface area (Å²) < 4.78 is 0. The number of nitrogens with zero attached hydrogens (tertiary/aromatic N) is 1. The van der Waals surface area contributed by atoms with Gasteiger partial charge in [0.1, 0.15) is 5.69 Å². The maximum absolute atomic E-state index is 12.0. The van der Waals surface area contributed by atoms with E-state index in [1.165, 1.54) is 11.3 Å². The Morgan fingerprint density at radius 1 is 1.29 bits per heavy atom. The molecule has 0 aliphatic heterocycles. The Balaban J connectivity index is 2.02. The van der Waals surface area contributed by atoms with Gasteiger partial charge in [-0.05, 0) is 24.3 Å². The highest BCUT2D eigenvalue weighted by molar-refractivity contribution is 7.14. The molecule has 0 bridgehead atoms. The van der Waals surface area contributed by atoms with Crippen molar-refractivity contribution in [1.29, 1.82) is 0 Å². The maximum Gasteiger partial charge on any atom is 0.271 e. The summed E-state index contributed by atoms with van der Waals surface area (Å²) in [6.07, 6.45) is 1.58. The van der Waals surface area contributed by atoms with Crippen LogP contribution in [0.4, 0.5) is 5.13 Å². The highest BCUT2D eigenvalue weighted by atomic mass is 35.5. The zero-order valence-corrected chi connectivity index (χ0v) is 12.5. The van der Waals surface area contributed by atoms with Gasteiger partial charge in [-0.3, -0.25) is 14.9 Å². The summed E-state index contributed by atoms with van der Waals surface area (Å²) in [6.45, 7) is 3.88. The van der Waals surface area contributed by atoms with Crippen molar-refractivity contribution < 1.29 is 9.59 Å². The van der Waals surface area contributed by atoms with Crippen LogP contribution in [0.5, 0.6) is 0 Å². The molecule has 2 amide bonds. The molecule has 0 atom stereocenters. The first-order valence-electron chi connectivity index (χ1n) is 6.01. The molecule has 2 N–H and O–H groups in total. The zero-order valence-electron chi connectivity index (χ0n) is 10.9. The van der Waals surface area contributed by atoms with E-state index in [0.29, 0.717) is 22.3 Å². The van der Waals surface area contributed by atoms with Crippen LogP contribution >= 0.6 is 22.9 Å². The van der Waals surface area contributed by atoms with E-state index >= 15 is 0 Å². The highest BCUT2D eigenvalue weighted by Crippen LogP contribution is 2.17. The Kier molecular flexibility index (Phi) is 5.08. The van der Waals surface area contributed by atoms with E-state index < -0.39 is 0 Å². The van der Waals surface area contributed by atoms with Gasteiger partial charge in [0.2, 0.25) is 0 Å². The third-order valence-corrected chi connectivity index (χ3v) is 3.48. The molecule has 7 heteroatoms. The van der Waals surface area contributed by atoms with Gasteiger partial charge in [0.05, 0.1) is 0 Å². The Morgan fingerprint density at radius 2 is 2.00 bits per heavy atom. The number of hydrogen-bond donors (Lipinski definition) is 2. The minimum Gasteiger partial charge on any atom is -0.347 e. The minimum atomic E-state index is -0.307. The van der Waals surface area contributed by atoms with E-state index in [4.69, 9.17) is 11.6 Å². The molecule has 0 radical (unpaired) electrons. The quantitative estimate of drug-likeness (QED) is 0.832. The molecule has 0 aliphatic rings. The third-order valence-electron chi connectivity index (χ3n) is 2.47. The van der Waals surface area contributed by atoms with Crippen LogP contribution < -0.4 is 10.6 Å². The Hall–Kier alpha value is -2.18. The molecule has 0 saturated heterocycles. The number of aromatic nitrogens is 1. The molecule has 1 aromatic heterocycles. The number of hydrogen-bond acceptors (Lipinski definition) is 4. The number of carbonyl (C=O) groups excluding carboxylic acids is 2. The van der Waals surface area contributed by atoms with Gasteiger partial charge < -0.3 is 5.32 Å². The van der Waals surface area contributed by atoms with E-state index in [9.17, 15) is 9.59 Å². The van der Waals surface area contributed by atoms with Gasteiger partial charge in [-0.15, -0.1) is 17.9 Å². The van der Waals surface area contributed by atoms with Crippen molar-refractivity contribution in [2.45, 2.75) is 0 Å². The van der Waals surface area contributed by atoms with E-state index in [-0.39, 0.29) is 17.5 Å². The number of thiazole rings is 1. The lowest BCUT2D eigenvalue weighted by Crippen LogP contribution is -2.23. The first-order valence-corrected chi connectivity index (χ1v) is 7.27. The number of amides is 2. The van der Waals surface area contributed by atoms with Crippen LogP contribution in [-0.2, 0) is 0 Å². The van der Waals surface area contributed by atoms with Crippen molar-refractivity contribution in [2.75, 3.05) is 11.9 Å². The van der Waals surface area contributed by atoms with Crippen LogP contribution in [0, 0.1) is 0 Å². The molecular weight excluding hydrogens is 310 g/mol. The molecular formula is C14H12ClN3O2S. The second-order valence-electron chi connectivity index (χ2n) is 4.00. The van der Waals surface area contributed by atoms with Crippen molar-refractivity contribution in [2.24, 2.45) is 0 Å². The second kappa shape index (κ2) is 7.01. The molecule has 0 saturated carbocycles. The fourth-order valence-corrected chi connectivity index (χ4v) is 2.27. The van der Waals surface area contributed by atoms with E-state index in [0.717, 1.165) is 0 Å². The van der Waals surface area contributed by atoms with Gasteiger partial charge in [-0.2, -0.15) is 0 Å². The first-order chi connectivity index (χ1) is 10.1. The normalized spacial score (nSPS) is 9.95. The van der Waals surface area contributed by atoms with Crippen molar-refractivity contribution in [3.8, 4) is 0 Å². The average Bonchev–Trinajstić information content (AvgIpc) is 2.94. The summed E-state index contributed by atoms with van der Waals surface area (Å²) >= 11 is 6.94. The molecule has 21 heavy (non-hydrogen) atoms. The second-order valence-corrected chi connectivity index (χ2v) is 5.29. The predicted molar refractivity (Wildman–Crippen MR) is 84.0 cm³/mol. The lowest BCUT2D eigenvalue weighted by Gasteiger charge is -2.01. The minimum absolute atomic E-state index is 0.258. The van der Waals surface area contributed by atoms with Crippen LogP contribution in [0.2, 0.25) is 5.02 Å². The van der Waals surface area contributed by atoms with Crippen LogP contribution in [-0.4, -0.2) is 23.3 Å². The summed E-state index contributed by atoms with van der Waals surface area (Å²) in [5.74, 6) is -0.614. The number of anilines is 1. The zero-order chi connectivity index (χ0) is 15.2. The fraction of sp³-hybridized carbons (Fsp3) is 0.0714. The van der Waals surface area contributed by atoms with Gasteiger partial charge in [0.25, 0.3) is 11.8 Å². The SMILES string of the molecule is C=CCNC(=O)c1csc(NC(=O)c2ccc(Cl)cc2)n1. The van der Waals surface area contributed by atoms with Gasteiger partial charge in [-0.25, -0.2) is 4.98 Å². The van der Waals surface area contributed by atoms with E-state index in [1.54, 1.807) is 35.7 Å². The molecule has 1 aromatic carbocycles. The maximum atomic E-state index is 12.0. The third kappa shape index (κ3) is 4.14. The molecule has 1 heterocycles. The van der Waals surface area contributed by atoms with Gasteiger partial charge in [0.15, 0.2) is 5.13 Å². The van der Waals surface area contributed by atoms with Crippen molar-refractivity contribution in [3.05, 3.63) is 58.6 Å². The van der Waals surface area contributed by atoms with Crippen molar-refractivity contribution >= 4 is 39.9 Å². The average molecular weight is 322 g/mol. The molecule has 5 nitrogen and oxygen atoms in total. The Labute approximate surface area is 130 Å². The van der Waals surface area contributed by atoms with Crippen molar-refractivity contribution in [3.63, 3.8) is 0 Å². The van der Waals surface area contributed by atoms with Crippen LogP contribution in [0.1, 0.15) is 20.8 Å². The van der Waals surface area contributed by atoms with Gasteiger partial charge in [0, 0.05) is 22.5 Å². The highest BCUT2D eigenvalue weighted by Gasteiger charge is 2.12. The lowest BCUT2D eigenvalue weighted by atomic mass is 10.2. The summed E-state index contributed by atoms with van der Waals surface area (Å²) in [5.41, 5.74) is 0.723. The van der Waals surface area contributed by atoms with Crippen LogP contribution in [0.3, 0.4) is 0 Å². The molecule has 0 unspecified atom stereocenters. The van der Waals surface area contributed by atoms with Crippen LogP contribution in [0.15, 0.2) is 42.3 Å². The fourth-order valence-electron chi connectivity index (χ4n) is 1.46. The summed E-state index contributed by atoms with van der Waals surface area (Å²) in [5, 5.41) is 7.74. The Morgan fingerprint density at radius 3 is 2.67 bits per heavy atom. The number of halogens is 1. The number of rotatable bonds is 5. The first kappa shape index (κ1) is 15.2. The van der Waals surface area contributed by atoms with E-state index in [1.807, 2.05) is 0 Å². The summed E-state index contributed by atoms with van der Waals surface area (Å²) in [7, 11) is 0. The smallest absolute Gasteiger partial charge is 0.271 e. The molecule has 108 valence electrons. The monoisotopic (exact) mass is 321 g/mol. The summed E-state index contributed by atoms with van der Waals surface area (Å²) in [6, 6.07) is 6.49. The van der Waals surface area contributed by atoms with Crippen LogP contribution in [0.25, 0.3) is 0 Å². The Bertz CT molecular complexity index is 667. The molecule has 0 spiro atoms. The summed E-state index contributed by atoms with van der Waals surface area (Å²) in [4.78, 5) is 27.7. The largest absolute Gasteiger partial charge is 0.347 e. The number of nitrogens with one attached hydrogen (secondary N) is 2. The molecule has 0 fully saturated rings. The molecule has 2 aromatic rings. The topological polar surface area (TPSA) is 71.1 Å². The molecule has 0 aliphatic carbocycles.